The summed E-state index contributed by atoms with van der Waals surface area (Å²) in [6.07, 6.45) is -2.19. The summed E-state index contributed by atoms with van der Waals surface area (Å²) in [4.78, 5) is 46.0. The van der Waals surface area contributed by atoms with Crippen molar-refractivity contribution in [3.8, 4) is 0 Å². The van der Waals surface area contributed by atoms with E-state index >= 15 is 0 Å². The lowest BCUT2D eigenvalue weighted by Gasteiger charge is -2.41. The van der Waals surface area contributed by atoms with E-state index in [1.54, 1.807) is 40.9 Å². The SMILES string of the molecule is CN1CN(C(=NC(=O)OC(C)(C)C)N(Cc2cccc(I)c2)C(=O)O)CN(C)C1=O. The largest absolute Gasteiger partial charge is 0.465 e. The van der Waals surface area contributed by atoms with Crippen molar-refractivity contribution in [2.24, 2.45) is 4.99 Å². The van der Waals surface area contributed by atoms with Crippen molar-refractivity contribution in [2.75, 3.05) is 27.4 Å². The van der Waals surface area contributed by atoms with Gasteiger partial charge in [-0.05, 0) is 61.1 Å². The van der Waals surface area contributed by atoms with E-state index in [0.717, 1.165) is 14.0 Å². The van der Waals surface area contributed by atoms with Crippen LogP contribution < -0.4 is 0 Å². The molecule has 30 heavy (non-hydrogen) atoms. The number of amides is 4. The van der Waals surface area contributed by atoms with Crippen LogP contribution in [-0.4, -0.2) is 81.9 Å². The van der Waals surface area contributed by atoms with E-state index < -0.39 is 17.8 Å². The number of hydrogen-bond acceptors (Lipinski definition) is 4. The first kappa shape index (κ1) is 23.7. The van der Waals surface area contributed by atoms with Crippen LogP contribution in [0, 0.1) is 3.57 Å². The van der Waals surface area contributed by atoms with Crippen LogP contribution in [0.3, 0.4) is 0 Å². The lowest BCUT2D eigenvalue weighted by atomic mass is 10.2. The highest BCUT2D eigenvalue weighted by Crippen LogP contribution is 2.16. The van der Waals surface area contributed by atoms with E-state index in [1.807, 2.05) is 18.2 Å². The van der Waals surface area contributed by atoms with Crippen molar-refractivity contribution in [2.45, 2.75) is 32.9 Å². The molecule has 1 heterocycles. The molecule has 10 nitrogen and oxygen atoms in total. The van der Waals surface area contributed by atoms with Gasteiger partial charge in [0.25, 0.3) is 0 Å². The molecule has 11 heteroatoms. The highest BCUT2D eigenvalue weighted by atomic mass is 127. The first-order valence-electron chi connectivity index (χ1n) is 9.15. The van der Waals surface area contributed by atoms with Crippen LogP contribution >= 0.6 is 22.6 Å². The molecule has 1 aliphatic rings. The van der Waals surface area contributed by atoms with E-state index in [2.05, 4.69) is 27.6 Å². The standard InChI is InChI=1S/C19H26IN5O5/c1-19(2,3)30-16(26)21-15(24-11-22(4)17(27)23(5)12-24)25(18(28)29)10-13-7-6-8-14(20)9-13/h6-9H,10-12H2,1-5H3,(H,28,29). The van der Waals surface area contributed by atoms with Gasteiger partial charge >= 0.3 is 18.2 Å². The predicted octanol–water partition coefficient (Wildman–Crippen LogP) is 3.28. The molecule has 0 unspecified atom stereocenters. The van der Waals surface area contributed by atoms with Gasteiger partial charge in [-0.25, -0.2) is 19.3 Å². The Labute approximate surface area is 189 Å². The summed E-state index contributed by atoms with van der Waals surface area (Å²) in [5.74, 6) is -0.109. The molecule has 0 saturated carbocycles. The molecule has 2 rings (SSSR count). The van der Waals surface area contributed by atoms with Gasteiger partial charge in [-0.2, -0.15) is 0 Å². The van der Waals surface area contributed by atoms with Crippen LogP contribution in [0.4, 0.5) is 14.4 Å². The maximum absolute atomic E-state index is 12.4. The fraction of sp³-hybridized carbons (Fsp3) is 0.474. The Hall–Kier alpha value is -2.57. The van der Waals surface area contributed by atoms with Gasteiger partial charge in [-0.1, -0.05) is 12.1 Å². The first-order chi connectivity index (χ1) is 13.9. The summed E-state index contributed by atoms with van der Waals surface area (Å²) in [5.41, 5.74) is -0.0585. The molecule has 164 valence electrons. The molecule has 1 aromatic carbocycles. The molecular weight excluding hydrogens is 505 g/mol. The highest BCUT2D eigenvalue weighted by Gasteiger charge is 2.33. The third kappa shape index (κ3) is 6.47. The lowest BCUT2D eigenvalue weighted by Crippen LogP contribution is -2.60. The summed E-state index contributed by atoms with van der Waals surface area (Å²) in [6.45, 7) is 5.21. The molecule has 4 amide bonds. The minimum atomic E-state index is -1.28. The average Bonchev–Trinajstić information content (AvgIpc) is 2.60. The van der Waals surface area contributed by atoms with Gasteiger partial charge < -0.3 is 24.5 Å². The number of aliphatic imine (C=N–C) groups is 1. The van der Waals surface area contributed by atoms with Crippen LogP contribution in [-0.2, 0) is 11.3 Å². The van der Waals surface area contributed by atoms with Gasteiger partial charge in [0, 0.05) is 17.7 Å². The Kier molecular flexibility index (Phi) is 7.50. The average molecular weight is 531 g/mol. The van der Waals surface area contributed by atoms with Crippen molar-refractivity contribution >= 4 is 46.8 Å². The fourth-order valence-electron chi connectivity index (χ4n) is 2.81. The number of ether oxygens (including phenoxy) is 1. The smallest absolute Gasteiger partial charge is 0.437 e. The van der Waals surface area contributed by atoms with Crippen LogP contribution in [0.25, 0.3) is 0 Å². The molecule has 0 atom stereocenters. The Balaban J connectivity index is 2.44. The Morgan fingerprint density at radius 1 is 1.23 bits per heavy atom. The number of carbonyl (C=O) groups excluding carboxylic acids is 2. The predicted molar refractivity (Wildman–Crippen MR) is 119 cm³/mol. The van der Waals surface area contributed by atoms with Gasteiger partial charge in [0.2, 0.25) is 5.96 Å². The lowest BCUT2D eigenvalue weighted by molar-refractivity contribution is 0.0586. The molecule has 0 aromatic heterocycles. The Morgan fingerprint density at radius 2 is 1.83 bits per heavy atom. The van der Waals surface area contributed by atoms with E-state index in [-0.39, 0.29) is 31.9 Å². The number of benzene rings is 1. The molecular formula is C19H26IN5O5. The van der Waals surface area contributed by atoms with E-state index in [4.69, 9.17) is 4.74 Å². The molecule has 1 N–H and O–H groups in total. The monoisotopic (exact) mass is 531 g/mol. The van der Waals surface area contributed by atoms with Crippen molar-refractivity contribution in [3.05, 3.63) is 33.4 Å². The fourth-order valence-corrected chi connectivity index (χ4v) is 3.41. The quantitative estimate of drug-likeness (QED) is 0.357. The van der Waals surface area contributed by atoms with Crippen LogP contribution in [0.5, 0.6) is 0 Å². The molecule has 0 radical (unpaired) electrons. The van der Waals surface area contributed by atoms with Crippen LogP contribution in [0.1, 0.15) is 26.3 Å². The first-order valence-corrected chi connectivity index (χ1v) is 10.2. The highest BCUT2D eigenvalue weighted by molar-refractivity contribution is 14.1. The number of guanidine groups is 1. The topological polar surface area (TPSA) is 106 Å². The number of halogens is 1. The van der Waals surface area contributed by atoms with Crippen LogP contribution in [0.15, 0.2) is 29.3 Å². The molecule has 0 bridgehead atoms. The zero-order valence-corrected chi connectivity index (χ0v) is 19.8. The summed E-state index contributed by atoms with van der Waals surface area (Å²) < 4.78 is 6.21. The van der Waals surface area contributed by atoms with E-state index in [0.29, 0.717) is 0 Å². The summed E-state index contributed by atoms with van der Waals surface area (Å²) in [5, 5.41) is 9.90. The van der Waals surface area contributed by atoms with Crippen molar-refractivity contribution < 1.29 is 24.2 Å². The third-order valence-electron chi connectivity index (χ3n) is 3.99. The van der Waals surface area contributed by atoms with Crippen molar-refractivity contribution in [1.82, 2.24) is 19.6 Å². The van der Waals surface area contributed by atoms with Gasteiger partial charge in [0.1, 0.15) is 5.60 Å². The summed E-state index contributed by atoms with van der Waals surface area (Å²) in [6, 6.07) is 7.14. The molecule has 1 aliphatic heterocycles. The molecule has 1 saturated heterocycles. The zero-order valence-electron chi connectivity index (χ0n) is 17.6. The van der Waals surface area contributed by atoms with Gasteiger partial charge in [0.15, 0.2) is 0 Å². The molecule has 1 aromatic rings. The van der Waals surface area contributed by atoms with Crippen molar-refractivity contribution in [3.63, 3.8) is 0 Å². The number of carboxylic acid groups (broad SMARTS) is 1. The number of rotatable bonds is 2. The number of carbonyl (C=O) groups is 3. The van der Waals surface area contributed by atoms with E-state index in [9.17, 15) is 19.5 Å². The normalized spacial score (nSPS) is 15.3. The van der Waals surface area contributed by atoms with Gasteiger partial charge in [0.05, 0.1) is 19.9 Å². The van der Waals surface area contributed by atoms with Crippen LogP contribution in [0.2, 0.25) is 0 Å². The molecule has 1 fully saturated rings. The number of nitrogens with zero attached hydrogens (tertiary/aromatic N) is 5. The molecule has 0 spiro atoms. The minimum absolute atomic E-state index is 0.0221. The summed E-state index contributed by atoms with van der Waals surface area (Å²) in [7, 11) is 3.17. The second-order valence-corrected chi connectivity index (χ2v) is 9.14. The Bertz CT molecular complexity index is 840. The van der Waals surface area contributed by atoms with Gasteiger partial charge in [-0.15, -0.1) is 4.99 Å². The maximum atomic E-state index is 12.4. The molecule has 0 aliphatic carbocycles. The van der Waals surface area contributed by atoms with E-state index in [1.165, 1.54) is 14.7 Å². The Morgan fingerprint density at radius 3 is 2.33 bits per heavy atom. The maximum Gasteiger partial charge on any atom is 0.437 e. The zero-order chi connectivity index (χ0) is 22.6. The van der Waals surface area contributed by atoms with Crippen molar-refractivity contribution in [1.29, 1.82) is 0 Å². The second kappa shape index (κ2) is 9.49. The summed E-state index contributed by atoms with van der Waals surface area (Å²) >= 11 is 2.14. The second-order valence-electron chi connectivity index (χ2n) is 7.89. The number of urea groups is 1. The number of hydrogen-bond donors (Lipinski definition) is 1. The minimum Gasteiger partial charge on any atom is -0.465 e. The third-order valence-corrected chi connectivity index (χ3v) is 4.66. The van der Waals surface area contributed by atoms with Gasteiger partial charge in [-0.3, -0.25) is 0 Å².